The van der Waals surface area contributed by atoms with Crippen molar-refractivity contribution in [1.82, 2.24) is 4.90 Å². The van der Waals surface area contributed by atoms with E-state index in [1.165, 1.54) is 6.07 Å². The first kappa shape index (κ1) is 13.8. The Kier molecular flexibility index (Phi) is 4.35. The number of nitro groups is 1. The van der Waals surface area contributed by atoms with Crippen molar-refractivity contribution in [2.24, 2.45) is 5.92 Å². The van der Waals surface area contributed by atoms with Crippen LogP contribution in [0.5, 0.6) is 0 Å². The smallest absolute Gasteiger partial charge is 0.275 e. The molecule has 0 bridgehead atoms. The third kappa shape index (κ3) is 3.43. The van der Waals surface area contributed by atoms with E-state index in [0.717, 1.165) is 19.4 Å². The number of hydrogen-bond acceptors (Lipinski definition) is 4. The molecule has 1 aromatic rings. The van der Waals surface area contributed by atoms with Gasteiger partial charge in [0.05, 0.1) is 16.9 Å². The lowest BCUT2D eigenvalue weighted by molar-refractivity contribution is -0.385. The van der Waals surface area contributed by atoms with E-state index in [2.05, 4.69) is 11.0 Å². The number of nitrogens with zero attached hydrogens (tertiary/aromatic N) is 3. The molecule has 5 nitrogen and oxygen atoms in total. The summed E-state index contributed by atoms with van der Waals surface area (Å²) in [5, 5.41) is 20.3. The summed E-state index contributed by atoms with van der Waals surface area (Å²) in [6, 6.07) is 7.00. The quantitative estimate of drug-likeness (QED) is 0.630. The lowest BCUT2D eigenvalue weighted by Gasteiger charge is -2.29. The molecule has 1 aliphatic heterocycles. The van der Waals surface area contributed by atoms with Gasteiger partial charge in [0.1, 0.15) is 0 Å². The van der Waals surface area contributed by atoms with Gasteiger partial charge in [-0.3, -0.25) is 15.0 Å². The molecule has 0 N–H and O–H groups in total. The van der Waals surface area contributed by atoms with Crippen molar-refractivity contribution in [3.8, 4) is 6.07 Å². The maximum Gasteiger partial charge on any atom is 0.275 e. The first-order valence-electron chi connectivity index (χ1n) is 6.15. The Morgan fingerprint density at radius 1 is 1.58 bits per heavy atom. The van der Waals surface area contributed by atoms with Crippen LogP contribution in [0.4, 0.5) is 5.69 Å². The summed E-state index contributed by atoms with van der Waals surface area (Å²) in [4.78, 5) is 12.7. The summed E-state index contributed by atoms with van der Waals surface area (Å²) in [7, 11) is 0. The predicted octanol–water partition coefficient (Wildman–Crippen LogP) is 2.98. The van der Waals surface area contributed by atoms with E-state index in [4.69, 9.17) is 16.9 Å². The van der Waals surface area contributed by atoms with Crippen molar-refractivity contribution in [2.75, 3.05) is 13.1 Å². The molecule has 1 unspecified atom stereocenters. The second-order valence-electron chi connectivity index (χ2n) is 4.73. The Bertz CT molecular complexity index is 527. The summed E-state index contributed by atoms with van der Waals surface area (Å²) in [5.41, 5.74) is 0.694. The number of rotatable bonds is 3. The normalized spacial score (nSPS) is 19.9. The fourth-order valence-electron chi connectivity index (χ4n) is 2.39. The van der Waals surface area contributed by atoms with Gasteiger partial charge in [-0.25, -0.2) is 0 Å². The van der Waals surface area contributed by atoms with Gasteiger partial charge in [-0.05, 0) is 31.5 Å². The molecule has 19 heavy (non-hydrogen) atoms. The molecule has 1 atom stereocenters. The van der Waals surface area contributed by atoms with Crippen LogP contribution in [0.3, 0.4) is 0 Å². The highest BCUT2D eigenvalue weighted by atomic mass is 35.5. The molecule has 1 heterocycles. The number of hydrogen-bond donors (Lipinski definition) is 0. The Morgan fingerprint density at radius 3 is 3.05 bits per heavy atom. The minimum Gasteiger partial charge on any atom is -0.298 e. The Hall–Kier alpha value is -1.64. The molecule has 0 saturated carbocycles. The molecule has 6 heteroatoms. The van der Waals surface area contributed by atoms with Crippen LogP contribution < -0.4 is 0 Å². The van der Waals surface area contributed by atoms with Gasteiger partial charge in [-0.1, -0.05) is 11.6 Å². The zero-order valence-electron chi connectivity index (χ0n) is 10.4. The second-order valence-corrected chi connectivity index (χ2v) is 5.17. The van der Waals surface area contributed by atoms with Gasteiger partial charge in [-0.2, -0.15) is 5.26 Å². The van der Waals surface area contributed by atoms with E-state index in [9.17, 15) is 10.1 Å². The third-order valence-corrected chi connectivity index (χ3v) is 3.56. The van der Waals surface area contributed by atoms with E-state index in [-0.39, 0.29) is 11.6 Å². The van der Waals surface area contributed by atoms with Crippen LogP contribution in [0.25, 0.3) is 0 Å². The molecular formula is C13H14ClN3O2. The molecule has 0 aromatic heterocycles. The minimum absolute atomic E-state index is 0.0279. The van der Waals surface area contributed by atoms with E-state index < -0.39 is 4.92 Å². The van der Waals surface area contributed by atoms with Crippen molar-refractivity contribution in [3.05, 3.63) is 38.9 Å². The van der Waals surface area contributed by atoms with Crippen LogP contribution in [-0.2, 0) is 6.54 Å². The van der Waals surface area contributed by atoms with Gasteiger partial charge >= 0.3 is 0 Å². The average molecular weight is 280 g/mol. The second kappa shape index (κ2) is 6.00. The zero-order chi connectivity index (χ0) is 13.8. The van der Waals surface area contributed by atoms with Gasteiger partial charge in [0.25, 0.3) is 5.69 Å². The van der Waals surface area contributed by atoms with Gasteiger partial charge < -0.3 is 0 Å². The largest absolute Gasteiger partial charge is 0.298 e. The molecule has 0 radical (unpaired) electrons. The highest BCUT2D eigenvalue weighted by molar-refractivity contribution is 6.30. The first-order valence-corrected chi connectivity index (χ1v) is 6.52. The Balaban J connectivity index is 2.15. The lowest BCUT2D eigenvalue weighted by atomic mass is 9.99. The van der Waals surface area contributed by atoms with E-state index in [1.54, 1.807) is 12.1 Å². The van der Waals surface area contributed by atoms with E-state index >= 15 is 0 Å². The highest BCUT2D eigenvalue weighted by Crippen LogP contribution is 2.26. The molecule has 0 spiro atoms. The maximum absolute atomic E-state index is 11.0. The fraction of sp³-hybridized carbons (Fsp3) is 0.462. The highest BCUT2D eigenvalue weighted by Gasteiger charge is 2.22. The monoisotopic (exact) mass is 279 g/mol. The molecule has 100 valence electrons. The minimum atomic E-state index is -0.410. The summed E-state index contributed by atoms with van der Waals surface area (Å²) >= 11 is 5.79. The number of likely N-dealkylation sites (tertiary alicyclic amines) is 1. The van der Waals surface area contributed by atoms with Crippen LogP contribution >= 0.6 is 11.6 Å². The van der Waals surface area contributed by atoms with Crippen molar-refractivity contribution in [1.29, 1.82) is 5.26 Å². The average Bonchev–Trinajstić information content (AvgIpc) is 2.41. The van der Waals surface area contributed by atoms with E-state index in [0.29, 0.717) is 23.7 Å². The number of benzene rings is 1. The van der Waals surface area contributed by atoms with Crippen LogP contribution in [0.15, 0.2) is 18.2 Å². The van der Waals surface area contributed by atoms with Crippen LogP contribution in [0.2, 0.25) is 5.02 Å². The first-order chi connectivity index (χ1) is 9.10. The Labute approximate surface area is 116 Å². The third-order valence-electron chi connectivity index (χ3n) is 3.33. The summed E-state index contributed by atoms with van der Waals surface area (Å²) in [6.07, 6.45) is 1.87. The standard InChI is InChI=1S/C13H14ClN3O2/c14-12-4-3-11(13(6-12)17(18)19)9-16-5-1-2-10(7-15)8-16/h3-4,6,10H,1-2,5,8-9H2. The molecule has 1 aliphatic rings. The molecule has 2 rings (SSSR count). The van der Waals surface area contributed by atoms with Gasteiger partial charge in [0.2, 0.25) is 0 Å². The number of nitro benzene ring substituents is 1. The number of nitriles is 1. The van der Waals surface area contributed by atoms with Gasteiger partial charge in [0.15, 0.2) is 0 Å². The number of piperidine rings is 1. The molecular weight excluding hydrogens is 266 g/mol. The van der Waals surface area contributed by atoms with Crippen molar-refractivity contribution >= 4 is 17.3 Å². The molecule has 1 aromatic carbocycles. The van der Waals surface area contributed by atoms with E-state index in [1.807, 2.05) is 0 Å². The summed E-state index contributed by atoms with van der Waals surface area (Å²) in [6.45, 7) is 2.04. The predicted molar refractivity (Wildman–Crippen MR) is 71.7 cm³/mol. The van der Waals surface area contributed by atoms with Crippen molar-refractivity contribution in [3.63, 3.8) is 0 Å². The zero-order valence-corrected chi connectivity index (χ0v) is 11.1. The number of halogens is 1. The SMILES string of the molecule is N#CC1CCCN(Cc2ccc(Cl)cc2[N+](=O)[O-])C1. The van der Waals surface area contributed by atoms with Crippen molar-refractivity contribution < 1.29 is 4.92 Å². The van der Waals surface area contributed by atoms with Crippen LogP contribution in [-0.4, -0.2) is 22.9 Å². The topological polar surface area (TPSA) is 70.2 Å². The molecule has 0 amide bonds. The van der Waals surface area contributed by atoms with Crippen LogP contribution in [0.1, 0.15) is 18.4 Å². The molecule has 1 fully saturated rings. The van der Waals surface area contributed by atoms with Gasteiger partial charge in [0, 0.05) is 29.7 Å². The van der Waals surface area contributed by atoms with Gasteiger partial charge in [-0.15, -0.1) is 0 Å². The van der Waals surface area contributed by atoms with Crippen LogP contribution in [0, 0.1) is 27.4 Å². The maximum atomic E-state index is 11.0. The Morgan fingerprint density at radius 2 is 2.37 bits per heavy atom. The fourth-order valence-corrected chi connectivity index (χ4v) is 2.55. The summed E-state index contributed by atoms with van der Waals surface area (Å²) < 4.78 is 0. The molecule has 1 saturated heterocycles. The summed E-state index contributed by atoms with van der Waals surface area (Å²) in [5.74, 6) is 0.0279. The lowest BCUT2D eigenvalue weighted by Crippen LogP contribution is -2.34. The molecule has 0 aliphatic carbocycles. The van der Waals surface area contributed by atoms with Crippen molar-refractivity contribution in [2.45, 2.75) is 19.4 Å².